The Morgan fingerprint density at radius 3 is 2.66 bits per heavy atom. The van der Waals surface area contributed by atoms with Crippen molar-refractivity contribution in [3.05, 3.63) is 76.2 Å². The summed E-state index contributed by atoms with van der Waals surface area (Å²) in [5.41, 5.74) is -2.01. The molecule has 4 rings (SSSR count). The third-order valence-electron chi connectivity index (χ3n) is 4.71. The largest absolute Gasteiger partial charge is 0.477 e. The van der Waals surface area contributed by atoms with Crippen LogP contribution < -0.4 is 5.43 Å². The highest BCUT2D eigenvalue weighted by molar-refractivity contribution is 5.95. The zero-order chi connectivity index (χ0) is 20.9. The first-order chi connectivity index (χ1) is 13.8. The number of nitrogens with zero attached hydrogens (tertiary/aromatic N) is 2. The molecule has 2 aromatic heterocycles. The van der Waals surface area contributed by atoms with Gasteiger partial charge in [-0.3, -0.25) is 9.78 Å². The molecule has 2 aromatic carbocycles. The van der Waals surface area contributed by atoms with E-state index in [9.17, 15) is 23.5 Å². The number of pyridine rings is 2. The van der Waals surface area contributed by atoms with E-state index in [1.165, 1.54) is 12.1 Å². The highest BCUT2D eigenvalue weighted by Crippen LogP contribution is 2.33. The van der Waals surface area contributed by atoms with Gasteiger partial charge < -0.3 is 9.67 Å². The number of aromatic carboxylic acids is 1. The van der Waals surface area contributed by atoms with E-state index in [0.717, 1.165) is 19.2 Å². The van der Waals surface area contributed by atoms with Crippen molar-refractivity contribution in [2.45, 2.75) is 13.2 Å². The summed E-state index contributed by atoms with van der Waals surface area (Å²) in [4.78, 5) is 27.9. The molecule has 0 saturated heterocycles. The number of carbonyl (C=O) groups is 1. The second-order valence-electron chi connectivity index (χ2n) is 6.51. The number of alkyl halides is 1. The van der Waals surface area contributed by atoms with Crippen LogP contribution in [0.25, 0.3) is 32.9 Å². The summed E-state index contributed by atoms with van der Waals surface area (Å²) in [6.45, 7) is 1.06. The van der Waals surface area contributed by atoms with Gasteiger partial charge >= 0.3 is 5.97 Å². The van der Waals surface area contributed by atoms with Gasteiger partial charge in [0.2, 0.25) is 5.43 Å². The molecule has 4 aromatic rings. The summed E-state index contributed by atoms with van der Waals surface area (Å²) in [5.74, 6) is -3.82. The topological polar surface area (TPSA) is 72.2 Å². The lowest BCUT2D eigenvalue weighted by molar-refractivity contribution is 0.0694. The van der Waals surface area contributed by atoms with Gasteiger partial charge in [0.15, 0.2) is 12.1 Å². The van der Waals surface area contributed by atoms with E-state index < -0.39 is 51.4 Å². The zero-order valence-electron chi connectivity index (χ0n) is 15.0. The Kier molecular flexibility index (Phi) is 4.34. The molecule has 0 spiro atoms. The van der Waals surface area contributed by atoms with E-state index in [2.05, 4.69) is 4.98 Å². The van der Waals surface area contributed by atoms with Crippen molar-refractivity contribution in [2.75, 3.05) is 0 Å². The van der Waals surface area contributed by atoms with Gasteiger partial charge in [-0.15, -0.1) is 0 Å². The number of rotatable bonds is 3. The molecule has 5 nitrogen and oxygen atoms in total. The Balaban J connectivity index is 2.11. The summed E-state index contributed by atoms with van der Waals surface area (Å²) in [7, 11) is 0. The molecule has 0 amide bonds. The monoisotopic (exact) mass is 398 g/mol. The first-order valence-electron chi connectivity index (χ1n) is 8.59. The van der Waals surface area contributed by atoms with E-state index >= 15 is 4.39 Å². The fourth-order valence-corrected chi connectivity index (χ4v) is 3.37. The van der Waals surface area contributed by atoms with E-state index in [4.69, 9.17) is 0 Å². The first kappa shape index (κ1) is 18.7. The Morgan fingerprint density at radius 2 is 1.97 bits per heavy atom. The second-order valence-corrected chi connectivity index (χ2v) is 6.51. The van der Waals surface area contributed by atoms with Crippen molar-refractivity contribution >= 4 is 27.8 Å². The van der Waals surface area contributed by atoms with Gasteiger partial charge in [-0.25, -0.2) is 18.0 Å². The van der Waals surface area contributed by atoms with Crippen LogP contribution in [0.3, 0.4) is 0 Å². The van der Waals surface area contributed by atoms with Gasteiger partial charge in [-0.1, -0.05) is 12.1 Å². The van der Waals surface area contributed by atoms with Crippen molar-refractivity contribution in [1.29, 1.82) is 0 Å². The van der Waals surface area contributed by atoms with Gasteiger partial charge in [0, 0.05) is 17.8 Å². The molecule has 0 aliphatic rings. The van der Waals surface area contributed by atoms with Crippen LogP contribution in [0.2, 0.25) is 0 Å². The molecule has 2 heterocycles. The minimum absolute atomic E-state index is 0.176. The van der Waals surface area contributed by atoms with Crippen molar-refractivity contribution < 1.29 is 23.1 Å². The van der Waals surface area contributed by atoms with Gasteiger partial charge in [0.05, 0.1) is 22.0 Å². The number of carboxylic acids is 1. The number of fused-ring (bicyclic) bond motifs is 2. The highest BCUT2D eigenvalue weighted by atomic mass is 19.1. The molecule has 0 bridgehead atoms. The summed E-state index contributed by atoms with van der Waals surface area (Å²) in [6.07, 6.45) is 0.456. The van der Waals surface area contributed by atoms with Crippen LogP contribution in [0.5, 0.6) is 0 Å². The van der Waals surface area contributed by atoms with Crippen molar-refractivity contribution in [3.63, 3.8) is 0 Å². The molecular formula is C21H13F3N2O3. The Morgan fingerprint density at radius 1 is 1.21 bits per heavy atom. The van der Waals surface area contributed by atoms with E-state index in [0.29, 0.717) is 15.5 Å². The third kappa shape index (κ3) is 2.93. The smallest absolute Gasteiger partial charge is 0.341 e. The molecule has 0 saturated carbocycles. The molecule has 0 radical (unpaired) electrons. The lowest BCUT2D eigenvalue weighted by Gasteiger charge is -2.16. The Labute approximate surface area is 161 Å². The highest BCUT2D eigenvalue weighted by Gasteiger charge is 2.24. The number of aromatic nitrogens is 2. The molecule has 0 fully saturated rings. The lowest BCUT2D eigenvalue weighted by Crippen LogP contribution is -2.20. The number of hydrogen-bond acceptors (Lipinski definition) is 3. The first-order valence-corrected chi connectivity index (χ1v) is 8.59. The van der Waals surface area contributed by atoms with Gasteiger partial charge in [0.25, 0.3) is 0 Å². The summed E-state index contributed by atoms with van der Waals surface area (Å²) in [6, 6.07) is 8.73. The molecule has 0 aliphatic carbocycles. The Hall–Kier alpha value is -3.68. The zero-order valence-corrected chi connectivity index (χ0v) is 15.0. The molecule has 0 aliphatic heterocycles. The molecule has 1 unspecified atom stereocenters. The minimum atomic E-state index is -1.86. The average Bonchev–Trinajstić information content (AvgIpc) is 2.68. The predicted octanol–water partition coefficient (Wildman–Crippen LogP) is 4.68. The maximum atomic E-state index is 15.4. The van der Waals surface area contributed by atoms with Crippen LogP contribution in [0.4, 0.5) is 13.2 Å². The molecule has 1 atom stereocenters. The molecule has 29 heavy (non-hydrogen) atoms. The van der Waals surface area contributed by atoms with Crippen LogP contribution in [-0.4, -0.2) is 20.6 Å². The third-order valence-corrected chi connectivity index (χ3v) is 4.71. The van der Waals surface area contributed by atoms with Crippen molar-refractivity contribution in [1.82, 2.24) is 9.55 Å². The maximum Gasteiger partial charge on any atom is 0.341 e. The summed E-state index contributed by atoms with van der Waals surface area (Å²) in [5, 5.41) is 9.27. The number of hydrogen-bond donors (Lipinski definition) is 1. The number of halogens is 3. The van der Waals surface area contributed by atoms with E-state index in [-0.39, 0.29) is 5.56 Å². The van der Waals surface area contributed by atoms with Crippen LogP contribution in [0.1, 0.15) is 23.6 Å². The summed E-state index contributed by atoms with van der Waals surface area (Å²) >= 11 is 0. The Bertz CT molecular complexity index is 1360. The van der Waals surface area contributed by atoms with Crippen molar-refractivity contribution in [3.8, 4) is 11.1 Å². The molecule has 146 valence electrons. The van der Waals surface area contributed by atoms with Gasteiger partial charge in [-0.05, 0) is 36.8 Å². The van der Waals surface area contributed by atoms with Crippen LogP contribution in [0, 0.1) is 11.6 Å². The quantitative estimate of drug-likeness (QED) is 0.544. The second kappa shape index (κ2) is 6.73. The normalized spacial score (nSPS) is 12.4. The minimum Gasteiger partial charge on any atom is -0.477 e. The maximum absolute atomic E-state index is 15.4. The lowest BCUT2D eigenvalue weighted by atomic mass is 9.99. The van der Waals surface area contributed by atoms with E-state index in [1.54, 1.807) is 24.4 Å². The summed E-state index contributed by atoms with van der Waals surface area (Å²) < 4.78 is 45.1. The molecular weight excluding hydrogens is 385 g/mol. The van der Waals surface area contributed by atoms with Crippen LogP contribution in [0.15, 0.2) is 53.6 Å². The molecule has 1 N–H and O–H groups in total. The van der Waals surface area contributed by atoms with Crippen molar-refractivity contribution in [2.24, 2.45) is 0 Å². The van der Waals surface area contributed by atoms with E-state index in [1.807, 2.05) is 0 Å². The van der Waals surface area contributed by atoms with Gasteiger partial charge in [0.1, 0.15) is 11.4 Å². The fraction of sp³-hybridized carbons (Fsp3) is 0.0952. The average molecular weight is 398 g/mol. The predicted molar refractivity (Wildman–Crippen MR) is 102 cm³/mol. The number of carboxylic acid groups (broad SMARTS) is 1. The SMILES string of the molecule is CC(F)n1cc(C(=O)O)c(=O)c2cc(F)c(-c3ccc4ncccc4c3)c(F)c21. The number of benzene rings is 2. The van der Waals surface area contributed by atoms with Crippen LogP contribution >= 0.6 is 0 Å². The molecule has 8 heteroatoms. The fourth-order valence-electron chi connectivity index (χ4n) is 3.37. The van der Waals surface area contributed by atoms with Crippen LogP contribution in [-0.2, 0) is 0 Å². The standard InChI is InChI=1S/C21H13F3N2O3/c1-10(22)26-9-14(21(28)29)20(27)13-8-15(23)17(18(24)19(13)26)12-4-5-16-11(7-12)3-2-6-25-16/h2-10H,1H3,(H,28,29). The van der Waals surface area contributed by atoms with Gasteiger partial charge in [-0.2, -0.15) is 0 Å².